The number of aliphatic hydroxyl groups is 1. The van der Waals surface area contributed by atoms with Gasteiger partial charge in [-0.25, -0.2) is 0 Å². The average Bonchev–Trinajstić information content (AvgIpc) is 4.02. The fourth-order valence-corrected chi connectivity index (χ4v) is 6.63. The second-order valence-corrected chi connectivity index (χ2v) is 13.4. The van der Waals surface area contributed by atoms with E-state index in [9.17, 15) is 7.85 Å². The van der Waals surface area contributed by atoms with Crippen LogP contribution in [0.25, 0.3) is 5.57 Å². The van der Waals surface area contributed by atoms with Crippen molar-refractivity contribution < 1.29 is 22.1 Å². The normalized spacial score (nSPS) is 21.5. The number of hydrogen-bond acceptors (Lipinski definition) is 4. The maximum Gasteiger partial charge on any atom is 0.112 e. The van der Waals surface area contributed by atoms with E-state index in [0.29, 0.717) is 41.9 Å². The number of benzene rings is 5. The molecule has 2 aliphatic rings. The van der Waals surface area contributed by atoms with E-state index in [0.717, 1.165) is 27.8 Å². The molecule has 0 amide bonds. The van der Waals surface area contributed by atoms with Crippen molar-refractivity contribution >= 4 is 17.2 Å². The smallest absolute Gasteiger partial charge is 0.112 e. The van der Waals surface area contributed by atoms with E-state index in [1.54, 1.807) is 6.07 Å². The zero-order chi connectivity index (χ0) is 35.2. The highest BCUT2D eigenvalue weighted by Gasteiger charge is 2.41. The van der Waals surface area contributed by atoms with E-state index in [1.807, 2.05) is 127 Å². The summed E-state index contributed by atoms with van der Waals surface area (Å²) in [4.78, 5) is 0. The Morgan fingerprint density at radius 3 is 1.88 bits per heavy atom. The zero-order valence-electron chi connectivity index (χ0n) is 29.5. The molecular weight excluding hydrogens is 628 g/mol. The molecule has 7 rings (SSSR count). The second kappa shape index (κ2) is 16.1. The second-order valence-electron chi connectivity index (χ2n) is 13.0. The van der Waals surface area contributed by atoms with Gasteiger partial charge < -0.3 is 19.3 Å². The SMILES string of the molecule is [2H]C([2H])(c1ccc(C2CC2)cc1)c1cc(C2=C[C@H](COCc3ccccc3)[C@@H](OCc3ccccc3)[C@H](O)[C@H]2OCc2ccccc2)ccc1Cl. The quantitative estimate of drug-likeness (QED) is 0.128. The summed E-state index contributed by atoms with van der Waals surface area (Å²) < 4.78 is 37.9. The number of aliphatic hydroxyl groups excluding tert-OH is 1. The van der Waals surface area contributed by atoms with E-state index in [2.05, 4.69) is 6.08 Å². The lowest BCUT2D eigenvalue weighted by Gasteiger charge is -2.40. The molecule has 0 aromatic heterocycles. The molecule has 0 saturated heterocycles. The zero-order valence-corrected chi connectivity index (χ0v) is 28.2. The van der Waals surface area contributed by atoms with Crippen molar-refractivity contribution in [3.63, 3.8) is 0 Å². The average molecular weight is 673 g/mol. The van der Waals surface area contributed by atoms with Crippen molar-refractivity contribution in [2.45, 2.75) is 63.3 Å². The summed E-state index contributed by atoms with van der Waals surface area (Å²) in [5.41, 5.74) is 6.64. The molecule has 0 aliphatic heterocycles. The summed E-state index contributed by atoms with van der Waals surface area (Å²) in [6.07, 6.45) is 0.145. The highest BCUT2D eigenvalue weighted by Crippen LogP contribution is 2.40. The Bertz CT molecular complexity index is 1900. The Labute approximate surface area is 297 Å². The first kappa shape index (κ1) is 31.0. The van der Waals surface area contributed by atoms with Crippen LogP contribution < -0.4 is 0 Å². The molecule has 4 nitrogen and oxygen atoms in total. The van der Waals surface area contributed by atoms with Crippen LogP contribution in [0.4, 0.5) is 0 Å². The summed E-state index contributed by atoms with van der Waals surface area (Å²) in [7, 11) is 0. The van der Waals surface area contributed by atoms with Crippen molar-refractivity contribution in [3.8, 4) is 0 Å². The van der Waals surface area contributed by atoms with Gasteiger partial charge in [0, 0.05) is 13.7 Å². The Kier molecular flexibility index (Phi) is 10.2. The number of rotatable bonds is 14. The molecule has 0 radical (unpaired) electrons. The molecule has 0 spiro atoms. The largest absolute Gasteiger partial charge is 0.387 e. The monoisotopic (exact) mass is 672 g/mol. The molecule has 0 heterocycles. The molecular formula is C44H43ClO4. The van der Waals surface area contributed by atoms with E-state index in [4.69, 9.17) is 25.8 Å². The van der Waals surface area contributed by atoms with Crippen molar-refractivity contribution in [1.29, 1.82) is 0 Å². The van der Waals surface area contributed by atoms with Gasteiger partial charge in [-0.1, -0.05) is 139 Å². The molecule has 49 heavy (non-hydrogen) atoms. The van der Waals surface area contributed by atoms with Gasteiger partial charge in [-0.3, -0.25) is 0 Å². The predicted octanol–water partition coefficient (Wildman–Crippen LogP) is 9.57. The highest BCUT2D eigenvalue weighted by molar-refractivity contribution is 6.31. The molecule has 2 aliphatic carbocycles. The minimum absolute atomic E-state index is 0.273. The predicted molar refractivity (Wildman–Crippen MR) is 196 cm³/mol. The number of ether oxygens (including phenoxy) is 3. The molecule has 1 fully saturated rings. The van der Waals surface area contributed by atoms with Gasteiger partial charge in [0.05, 0.1) is 32.5 Å². The van der Waals surface area contributed by atoms with Gasteiger partial charge in [-0.15, -0.1) is 0 Å². The van der Waals surface area contributed by atoms with Gasteiger partial charge in [0.2, 0.25) is 0 Å². The molecule has 1 N–H and O–H groups in total. The molecule has 5 aromatic rings. The van der Waals surface area contributed by atoms with Crippen molar-refractivity contribution in [2.24, 2.45) is 5.92 Å². The van der Waals surface area contributed by atoms with Crippen LogP contribution in [-0.4, -0.2) is 30.0 Å². The Hall–Kier alpha value is -4.03. The van der Waals surface area contributed by atoms with Crippen LogP contribution in [0.5, 0.6) is 0 Å². The van der Waals surface area contributed by atoms with Crippen LogP contribution >= 0.6 is 11.6 Å². The molecule has 5 aromatic carbocycles. The third kappa shape index (κ3) is 8.77. The lowest BCUT2D eigenvalue weighted by Crippen LogP contribution is -2.49. The van der Waals surface area contributed by atoms with Crippen LogP contribution in [0, 0.1) is 5.92 Å². The van der Waals surface area contributed by atoms with Crippen LogP contribution in [-0.2, 0) is 40.4 Å². The standard InChI is InChI=1S/C44H43ClO4/c45-41-23-22-37(25-38(41)24-31-16-18-35(19-17-31)36-20-21-36)40-26-39(30-47-27-32-10-4-1-5-11-32)43(48-28-33-12-6-2-7-13-33)42(46)44(40)49-29-34-14-8-3-9-15-34/h1-19,22-23,25-26,36,39,42-44,46H,20-21,24,27-30H2/t39-,42+,43-,44+/m1/s1/i24D2. The summed E-state index contributed by atoms with van der Waals surface area (Å²) in [6.45, 7) is 1.31. The summed E-state index contributed by atoms with van der Waals surface area (Å²) in [6, 6.07) is 43.0. The summed E-state index contributed by atoms with van der Waals surface area (Å²) in [5.74, 6) is 0.254. The number of hydrogen-bond donors (Lipinski definition) is 1. The van der Waals surface area contributed by atoms with Gasteiger partial charge in [-0.2, -0.15) is 0 Å². The Morgan fingerprint density at radius 2 is 1.27 bits per heavy atom. The molecule has 250 valence electrons. The molecule has 0 bridgehead atoms. The minimum Gasteiger partial charge on any atom is -0.387 e. The summed E-state index contributed by atoms with van der Waals surface area (Å²) >= 11 is 6.77. The van der Waals surface area contributed by atoms with Gasteiger partial charge >= 0.3 is 0 Å². The van der Waals surface area contributed by atoms with E-state index in [1.165, 1.54) is 18.4 Å². The Morgan fingerprint density at radius 1 is 0.673 bits per heavy atom. The maximum atomic E-state index is 12.2. The van der Waals surface area contributed by atoms with E-state index >= 15 is 0 Å². The third-order valence-corrected chi connectivity index (χ3v) is 9.62. The van der Waals surface area contributed by atoms with E-state index < -0.39 is 24.7 Å². The summed E-state index contributed by atoms with van der Waals surface area (Å²) in [5, 5.41) is 12.5. The van der Waals surface area contributed by atoms with Crippen molar-refractivity contribution in [3.05, 3.63) is 184 Å². The van der Waals surface area contributed by atoms with Crippen LogP contribution in [0.2, 0.25) is 5.02 Å². The topological polar surface area (TPSA) is 47.9 Å². The lowest BCUT2D eigenvalue weighted by atomic mass is 9.80. The third-order valence-electron chi connectivity index (χ3n) is 9.29. The number of halogens is 1. The van der Waals surface area contributed by atoms with Crippen LogP contribution in [0.1, 0.15) is 60.4 Å². The molecule has 1 saturated carbocycles. The van der Waals surface area contributed by atoms with E-state index in [-0.39, 0.29) is 12.5 Å². The lowest BCUT2D eigenvalue weighted by molar-refractivity contribution is -0.130. The minimum atomic E-state index is -1.86. The van der Waals surface area contributed by atoms with Gasteiger partial charge in [0.15, 0.2) is 0 Å². The van der Waals surface area contributed by atoms with Gasteiger partial charge in [-0.05, 0) is 81.8 Å². The first-order valence-corrected chi connectivity index (χ1v) is 17.5. The van der Waals surface area contributed by atoms with Crippen molar-refractivity contribution in [2.75, 3.05) is 6.61 Å². The first-order chi connectivity index (χ1) is 24.9. The Balaban J connectivity index is 1.24. The van der Waals surface area contributed by atoms with Crippen LogP contribution in [0.15, 0.2) is 140 Å². The molecule has 4 atom stereocenters. The maximum absolute atomic E-state index is 12.2. The molecule has 0 unspecified atom stereocenters. The van der Waals surface area contributed by atoms with Gasteiger partial charge in [0.25, 0.3) is 0 Å². The fraction of sp³-hybridized carbons (Fsp3) is 0.273. The first-order valence-electron chi connectivity index (χ1n) is 18.1. The van der Waals surface area contributed by atoms with Crippen LogP contribution in [0.3, 0.4) is 0 Å². The highest BCUT2D eigenvalue weighted by atomic mass is 35.5. The van der Waals surface area contributed by atoms with Gasteiger partial charge in [0.1, 0.15) is 12.2 Å². The molecule has 5 heteroatoms. The fourth-order valence-electron chi connectivity index (χ4n) is 6.47. The van der Waals surface area contributed by atoms with Crippen molar-refractivity contribution in [1.82, 2.24) is 0 Å².